The SMILES string of the molecule is C=CC1OC(C=C)C(CO)C1CO. The molecule has 0 aromatic rings. The highest BCUT2D eigenvalue weighted by atomic mass is 16.5. The topological polar surface area (TPSA) is 49.7 Å². The number of ether oxygens (including phenoxy) is 1. The van der Waals surface area contributed by atoms with Crippen molar-refractivity contribution in [3.8, 4) is 0 Å². The van der Waals surface area contributed by atoms with Crippen LogP contribution in [0.3, 0.4) is 0 Å². The zero-order chi connectivity index (χ0) is 9.84. The van der Waals surface area contributed by atoms with Crippen molar-refractivity contribution in [2.45, 2.75) is 12.2 Å². The molecule has 1 rings (SSSR count). The van der Waals surface area contributed by atoms with E-state index in [9.17, 15) is 0 Å². The Labute approximate surface area is 78.3 Å². The van der Waals surface area contributed by atoms with E-state index in [2.05, 4.69) is 13.2 Å². The van der Waals surface area contributed by atoms with Gasteiger partial charge >= 0.3 is 0 Å². The van der Waals surface area contributed by atoms with Gasteiger partial charge in [0.1, 0.15) is 0 Å². The highest BCUT2D eigenvalue weighted by molar-refractivity contribution is 5.02. The van der Waals surface area contributed by atoms with Gasteiger partial charge in [-0.1, -0.05) is 12.2 Å². The summed E-state index contributed by atoms with van der Waals surface area (Å²) < 4.78 is 5.51. The van der Waals surface area contributed by atoms with E-state index < -0.39 is 0 Å². The Morgan fingerprint density at radius 2 is 1.38 bits per heavy atom. The Morgan fingerprint density at radius 1 is 1.00 bits per heavy atom. The molecule has 0 bridgehead atoms. The van der Waals surface area contributed by atoms with Gasteiger partial charge in [-0.15, -0.1) is 13.2 Å². The summed E-state index contributed by atoms with van der Waals surface area (Å²) in [5.41, 5.74) is 0. The van der Waals surface area contributed by atoms with E-state index in [-0.39, 0.29) is 37.3 Å². The van der Waals surface area contributed by atoms with Gasteiger partial charge in [-0.25, -0.2) is 0 Å². The van der Waals surface area contributed by atoms with Gasteiger partial charge in [0.2, 0.25) is 0 Å². The molecule has 1 aliphatic heterocycles. The van der Waals surface area contributed by atoms with Crippen LogP contribution in [0.5, 0.6) is 0 Å². The third-order valence-corrected chi connectivity index (χ3v) is 2.59. The Bertz CT molecular complexity index is 171. The fourth-order valence-corrected chi connectivity index (χ4v) is 1.81. The quantitative estimate of drug-likeness (QED) is 0.619. The number of hydrogen-bond acceptors (Lipinski definition) is 3. The lowest BCUT2D eigenvalue weighted by molar-refractivity contribution is 0.0728. The first-order valence-corrected chi connectivity index (χ1v) is 4.40. The van der Waals surface area contributed by atoms with E-state index in [1.54, 1.807) is 12.2 Å². The van der Waals surface area contributed by atoms with Gasteiger partial charge in [0, 0.05) is 25.0 Å². The van der Waals surface area contributed by atoms with Gasteiger partial charge in [0.25, 0.3) is 0 Å². The molecule has 0 aromatic carbocycles. The molecule has 3 nitrogen and oxygen atoms in total. The van der Waals surface area contributed by atoms with Crippen LogP contribution >= 0.6 is 0 Å². The van der Waals surface area contributed by atoms with Crippen LogP contribution in [-0.2, 0) is 4.74 Å². The smallest absolute Gasteiger partial charge is 0.0816 e. The van der Waals surface area contributed by atoms with E-state index in [1.165, 1.54) is 0 Å². The first-order valence-electron chi connectivity index (χ1n) is 4.40. The van der Waals surface area contributed by atoms with Crippen LogP contribution < -0.4 is 0 Å². The Hall–Kier alpha value is -0.640. The predicted molar refractivity (Wildman–Crippen MR) is 50.2 cm³/mol. The minimum atomic E-state index is -0.176. The summed E-state index contributed by atoms with van der Waals surface area (Å²) in [6.45, 7) is 7.27. The van der Waals surface area contributed by atoms with Gasteiger partial charge in [0.15, 0.2) is 0 Å². The molecule has 1 aliphatic rings. The van der Waals surface area contributed by atoms with Crippen LogP contribution in [-0.4, -0.2) is 35.6 Å². The zero-order valence-corrected chi connectivity index (χ0v) is 7.60. The summed E-state index contributed by atoms with van der Waals surface area (Å²) in [5.74, 6) is -0.129. The van der Waals surface area contributed by atoms with Crippen molar-refractivity contribution in [2.75, 3.05) is 13.2 Å². The van der Waals surface area contributed by atoms with Crippen molar-refractivity contribution in [3.63, 3.8) is 0 Å². The molecule has 1 fully saturated rings. The molecular weight excluding hydrogens is 168 g/mol. The summed E-state index contributed by atoms with van der Waals surface area (Å²) in [6.07, 6.45) is 2.97. The fourth-order valence-electron chi connectivity index (χ4n) is 1.81. The maximum Gasteiger partial charge on any atom is 0.0816 e. The summed E-state index contributed by atoms with van der Waals surface area (Å²) in [5, 5.41) is 18.2. The van der Waals surface area contributed by atoms with Gasteiger partial charge in [-0.2, -0.15) is 0 Å². The lowest BCUT2D eigenvalue weighted by Gasteiger charge is -2.17. The third-order valence-electron chi connectivity index (χ3n) is 2.59. The standard InChI is InChI=1S/C10H16O3/c1-3-9-7(5-11)8(6-12)10(4-2)13-9/h3-4,7-12H,1-2,5-6H2. The molecule has 2 N–H and O–H groups in total. The van der Waals surface area contributed by atoms with Crippen LogP contribution in [0.2, 0.25) is 0 Å². The molecule has 0 radical (unpaired) electrons. The molecule has 0 aliphatic carbocycles. The van der Waals surface area contributed by atoms with Crippen molar-refractivity contribution in [1.82, 2.24) is 0 Å². The molecule has 3 heteroatoms. The minimum absolute atomic E-state index is 0.00620. The molecule has 1 saturated heterocycles. The van der Waals surface area contributed by atoms with Crippen molar-refractivity contribution < 1.29 is 14.9 Å². The van der Waals surface area contributed by atoms with Gasteiger partial charge in [-0.3, -0.25) is 0 Å². The minimum Gasteiger partial charge on any atom is -0.396 e. The van der Waals surface area contributed by atoms with Crippen LogP contribution in [0.1, 0.15) is 0 Å². The lowest BCUT2D eigenvalue weighted by atomic mass is 9.88. The largest absolute Gasteiger partial charge is 0.396 e. The first-order chi connectivity index (χ1) is 6.28. The molecule has 13 heavy (non-hydrogen) atoms. The summed E-state index contributed by atoms with van der Waals surface area (Å²) in [4.78, 5) is 0. The first kappa shape index (κ1) is 10.4. The van der Waals surface area contributed by atoms with E-state index in [4.69, 9.17) is 14.9 Å². The monoisotopic (exact) mass is 184 g/mol. The maximum absolute atomic E-state index is 9.11. The van der Waals surface area contributed by atoms with E-state index >= 15 is 0 Å². The highest BCUT2D eigenvalue weighted by Gasteiger charge is 2.40. The van der Waals surface area contributed by atoms with E-state index in [0.29, 0.717) is 0 Å². The molecule has 0 spiro atoms. The van der Waals surface area contributed by atoms with Gasteiger partial charge in [0.05, 0.1) is 12.2 Å². The number of aliphatic hydroxyl groups is 2. The number of rotatable bonds is 4. The molecular formula is C10H16O3. The highest BCUT2D eigenvalue weighted by Crippen LogP contribution is 2.33. The van der Waals surface area contributed by atoms with Crippen LogP contribution in [0.15, 0.2) is 25.3 Å². The van der Waals surface area contributed by atoms with Gasteiger partial charge < -0.3 is 14.9 Å². The second-order valence-electron chi connectivity index (χ2n) is 3.23. The Kier molecular flexibility index (Phi) is 3.66. The predicted octanol–water partition coefficient (Wildman–Crippen LogP) is 0.343. The number of hydrogen-bond donors (Lipinski definition) is 2. The van der Waals surface area contributed by atoms with Crippen LogP contribution in [0.25, 0.3) is 0 Å². The van der Waals surface area contributed by atoms with Crippen molar-refractivity contribution >= 4 is 0 Å². The molecule has 4 unspecified atom stereocenters. The van der Waals surface area contributed by atoms with Crippen LogP contribution in [0.4, 0.5) is 0 Å². The normalized spacial score (nSPS) is 38.9. The van der Waals surface area contributed by atoms with Crippen molar-refractivity contribution in [3.05, 3.63) is 25.3 Å². The molecule has 0 saturated carbocycles. The van der Waals surface area contributed by atoms with Crippen molar-refractivity contribution in [1.29, 1.82) is 0 Å². The molecule has 1 heterocycles. The molecule has 0 amide bonds. The van der Waals surface area contributed by atoms with Gasteiger partial charge in [-0.05, 0) is 0 Å². The summed E-state index contributed by atoms with van der Waals surface area (Å²) >= 11 is 0. The Morgan fingerprint density at radius 3 is 1.62 bits per heavy atom. The fraction of sp³-hybridized carbons (Fsp3) is 0.600. The van der Waals surface area contributed by atoms with Crippen LogP contribution in [0, 0.1) is 11.8 Å². The van der Waals surface area contributed by atoms with E-state index in [1.807, 2.05) is 0 Å². The molecule has 74 valence electrons. The molecule has 0 aromatic heterocycles. The molecule has 4 atom stereocenters. The number of aliphatic hydroxyl groups excluding tert-OH is 2. The van der Waals surface area contributed by atoms with E-state index in [0.717, 1.165) is 0 Å². The second-order valence-corrected chi connectivity index (χ2v) is 3.23. The van der Waals surface area contributed by atoms with Crippen molar-refractivity contribution in [2.24, 2.45) is 11.8 Å². The zero-order valence-electron chi connectivity index (χ0n) is 7.60. The average molecular weight is 184 g/mol. The Balaban J connectivity index is 2.76. The lowest BCUT2D eigenvalue weighted by Crippen LogP contribution is -2.26. The summed E-state index contributed by atoms with van der Waals surface area (Å²) in [7, 11) is 0. The second kappa shape index (κ2) is 4.56. The summed E-state index contributed by atoms with van der Waals surface area (Å²) in [6, 6.07) is 0. The third kappa shape index (κ3) is 1.82. The maximum atomic E-state index is 9.11. The average Bonchev–Trinajstić information content (AvgIpc) is 2.54.